The lowest BCUT2D eigenvalue weighted by Crippen LogP contribution is -2.52. The van der Waals surface area contributed by atoms with Crippen molar-refractivity contribution in [3.63, 3.8) is 0 Å². The molecule has 3 fully saturated rings. The van der Waals surface area contributed by atoms with E-state index in [-0.39, 0.29) is 42.1 Å². The van der Waals surface area contributed by atoms with Crippen LogP contribution in [-0.2, 0) is 32.7 Å². The molecule has 0 radical (unpaired) electrons. The molecule has 290 valence electrons. The molecule has 1 aromatic carbocycles. The van der Waals surface area contributed by atoms with Gasteiger partial charge in [0.05, 0.1) is 39.7 Å². The van der Waals surface area contributed by atoms with Crippen molar-refractivity contribution in [3.05, 3.63) is 71.6 Å². The predicted octanol–water partition coefficient (Wildman–Crippen LogP) is 2.97. The van der Waals surface area contributed by atoms with E-state index in [0.717, 1.165) is 26.4 Å². The van der Waals surface area contributed by atoms with Gasteiger partial charge in [-0.2, -0.15) is 14.3 Å². The Hall–Kier alpha value is -5.82. The van der Waals surface area contributed by atoms with Gasteiger partial charge in [-0.15, -0.1) is 0 Å². The van der Waals surface area contributed by atoms with E-state index in [1.165, 1.54) is 23.4 Å². The van der Waals surface area contributed by atoms with E-state index >= 15 is 4.39 Å². The highest BCUT2D eigenvalue weighted by Crippen LogP contribution is 2.34. The Morgan fingerprint density at radius 2 is 1.80 bits per heavy atom. The van der Waals surface area contributed by atoms with E-state index in [0.29, 0.717) is 74.2 Å². The number of hydrogen-bond acceptors (Lipinski definition) is 13. The Morgan fingerprint density at radius 3 is 2.55 bits per heavy atom. The number of piperidine rings is 1. The minimum Gasteiger partial charge on any atom is -0.352 e. The number of halogens is 1. The maximum Gasteiger partial charge on any atom is 0.258 e. The van der Waals surface area contributed by atoms with Gasteiger partial charge in [0.2, 0.25) is 11.8 Å². The van der Waals surface area contributed by atoms with Crippen molar-refractivity contribution in [3.8, 4) is 11.4 Å². The zero-order valence-corrected chi connectivity index (χ0v) is 31.5. The van der Waals surface area contributed by atoms with Crippen LogP contribution in [0.3, 0.4) is 0 Å². The molecule has 3 amide bonds. The van der Waals surface area contributed by atoms with Gasteiger partial charge < -0.3 is 15.1 Å². The van der Waals surface area contributed by atoms with E-state index in [4.69, 9.17) is 10.1 Å². The molecule has 2 N–H and O–H groups in total. The number of nitrogens with one attached hydrogen (secondary N) is 2. The number of carbonyl (C=O) groups excluding carboxylic acids is 3. The summed E-state index contributed by atoms with van der Waals surface area (Å²) in [6.07, 6.45) is 7.91. The highest BCUT2D eigenvalue weighted by Gasteiger charge is 2.41. The Kier molecular flexibility index (Phi) is 8.79. The first-order valence-corrected chi connectivity index (χ1v) is 20.1. The monoisotopic (exact) mass is 782 g/mol. The zero-order chi connectivity index (χ0) is 38.9. The molecule has 0 bridgehead atoms. The number of pyridine rings is 1. The Balaban J connectivity index is 0.872. The largest absolute Gasteiger partial charge is 0.352 e. The van der Waals surface area contributed by atoms with Gasteiger partial charge in [-0.25, -0.2) is 27.8 Å². The second kappa shape index (κ2) is 13.7. The first-order valence-electron chi connectivity index (χ1n) is 18.6. The summed E-state index contributed by atoms with van der Waals surface area (Å²) in [7, 11) is -3.51. The van der Waals surface area contributed by atoms with Gasteiger partial charge in [-0.1, -0.05) is 6.07 Å². The number of anilines is 3. The summed E-state index contributed by atoms with van der Waals surface area (Å²) in [5, 5.41) is 15.1. The third-order valence-electron chi connectivity index (χ3n) is 10.7. The van der Waals surface area contributed by atoms with Crippen LogP contribution in [0.25, 0.3) is 22.3 Å². The van der Waals surface area contributed by atoms with Crippen LogP contribution in [0.5, 0.6) is 0 Å². The highest BCUT2D eigenvalue weighted by atomic mass is 32.2. The summed E-state index contributed by atoms with van der Waals surface area (Å²) < 4.78 is 43.6. The van der Waals surface area contributed by atoms with Crippen molar-refractivity contribution < 1.29 is 27.2 Å². The van der Waals surface area contributed by atoms with E-state index in [9.17, 15) is 22.8 Å². The molecule has 56 heavy (non-hydrogen) atoms. The number of hydrogen-bond donors (Lipinski definition) is 2. The topological polar surface area (TPSA) is 193 Å². The molecule has 19 heteroatoms. The van der Waals surface area contributed by atoms with E-state index in [1.54, 1.807) is 18.5 Å². The molecular weight excluding hydrogens is 744 g/mol. The van der Waals surface area contributed by atoms with E-state index in [2.05, 4.69) is 49.3 Å². The van der Waals surface area contributed by atoms with Crippen molar-refractivity contribution in [2.24, 2.45) is 0 Å². The average Bonchev–Trinajstić information content (AvgIpc) is 3.65. The molecule has 17 nitrogen and oxygen atoms in total. The number of imide groups is 1. The quantitative estimate of drug-likeness (QED) is 0.197. The molecule has 3 aliphatic heterocycles. The highest BCUT2D eigenvalue weighted by molar-refractivity contribution is 7.90. The van der Waals surface area contributed by atoms with Crippen LogP contribution >= 0.6 is 0 Å². The summed E-state index contributed by atoms with van der Waals surface area (Å²) >= 11 is 0. The minimum atomic E-state index is -3.51. The summed E-state index contributed by atoms with van der Waals surface area (Å²) in [6, 6.07) is 6.15. The molecule has 5 aromatic rings. The molecule has 2 saturated heterocycles. The fraction of sp³-hybridized carbons (Fsp3) is 0.405. The third kappa shape index (κ3) is 6.53. The molecule has 1 unspecified atom stereocenters. The second-order valence-corrected chi connectivity index (χ2v) is 17.0. The van der Waals surface area contributed by atoms with Gasteiger partial charge in [0.1, 0.15) is 23.5 Å². The molecule has 1 saturated carbocycles. The summed E-state index contributed by atoms with van der Waals surface area (Å²) in [5.74, 6) is 0.169. The first kappa shape index (κ1) is 35.9. The van der Waals surface area contributed by atoms with Crippen molar-refractivity contribution in [2.75, 3.05) is 36.4 Å². The third-order valence-corrected chi connectivity index (χ3v) is 12.7. The van der Waals surface area contributed by atoms with Crippen LogP contribution in [0.4, 0.5) is 21.8 Å². The van der Waals surface area contributed by atoms with Crippen molar-refractivity contribution in [1.29, 1.82) is 0 Å². The van der Waals surface area contributed by atoms with Crippen LogP contribution in [0.1, 0.15) is 67.1 Å². The summed E-state index contributed by atoms with van der Waals surface area (Å²) in [6.45, 7) is 7.51. The van der Waals surface area contributed by atoms with Crippen LogP contribution < -0.4 is 15.5 Å². The van der Waals surface area contributed by atoms with Gasteiger partial charge in [-0.05, 0) is 56.4 Å². The Morgan fingerprint density at radius 1 is 1.00 bits per heavy atom. The number of benzene rings is 1. The van der Waals surface area contributed by atoms with Crippen molar-refractivity contribution in [1.82, 2.24) is 49.0 Å². The average molecular weight is 783 g/mol. The molecular formula is C37H39FN12O5S. The zero-order valence-electron chi connectivity index (χ0n) is 30.7. The first-order chi connectivity index (χ1) is 26.9. The van der Waals surface area contributed by atoms with Crippen LogP contribution in [-0.4, -0.2) is 107 Å². The van der Waals surface area contributed by atoms with Gasteiger partial charge >= 0.3 is 0 Å². The number of carbonyl (C=O) groups is 3. The molecule has 1 atom stereocenters. The van der Waals surface area contributed by atoms with Crippen molar-refractivity contribution >= 4 is 56.1 Å². The second-order valence-electron chi connectivity index (χ2n) is 15.0. The lowest BCUT2D eigenvalue weighted by molar-refractivity contribution is -0.136. The number of nitrogens with zero attached hydrogens (tertiary/aromatic N) is 10. The fourth-order valence-electron chi connectivity index (χ4n) is 7.68. The van der Waals surface area contributed by atoms with E-state index in [1.807, 2.05) is 16.8 Å². The molecule has 1 aliphatic carbocycles. The summed E-state index contributed by atoms with van der Waals surface area (Å²) in [5.41, 5.74) is 2.67. The lowest BCUT2D eigenvalue weighted by Gasteiger charge is -2.35. The minimum absolute atomic E-state index is 0.00340. The normalized spacial score (nSPS) is 19.3. The van der Waals surface area contributed by atoms with Crippen LogP contribution in [0, 0.1) is 5.82 Å². The SMILES string of the molecule is CC(C)n1nc(N2CCN(Cc3cc(F)c4c(c3)CN(C3CCC(=O)NC3=O)C4=O)CC2)c2cnc(Nc3ccnc(-c4cnn(S(=O)(=O)C5CC5)c4)n3)cc21. The maximum atomic E-state index is 15.4. The van der Waals surface area contributed by atoms with Gasteiger partial charge in [0.15, 0.2) is 11.6 Å². The number of rotatable bonds is 10. The number of fused-ring (bicyclic) bond motifs is 2. The smallest absolute Gasteiger partial charge is 0.258 e. The number of piperazine rings is 1. The van der Waals surface area contributed by atoms with Crippen LogP contribution in [0.2, 0.25) is 0 Å². The van der Waals surface area contributed by atoms with Gasteiger partial charge in [0, 0.05) is 70.2 Å². The maximum absolute atomic E-state index is 15.4. The molecule has 4 aromatic heterocycles. The summed E-state index contributed by atoms with van der Waals surface area (Å²) in [4.78, 5) is 56.6. The number of amides is 3. The lowest BCUT2D eigenvalue weighted by atomic mass is 10.0. The predicted molar refractivity (Wildman–Crippen MR) is 202 cm³/mol. The molecule has 4 aliphatic rings. The molecule has 0 spiro atoms. The standard InChI is InChI=1S/C37H39FN12O5S/c1-21(2)50-29-15-31(42-30-7-8-39-34(43-30)24-16-41-49(20-24)56(54,55)25-3-4-25)40-17-26(29)35(45-50)47-11-9-46(10-12-47)18-22-13-23-19-48(37(53)33(23)27(38)14-22)28-5-6-32(51)44-36(28)52/h7-8,13-17,20-21,25,28H,3-6,9-12,18-19H2,1-2H3,(H,44,51,52)(H,39,40,42,43). The van der Waals surface area contributed by atoms with Gasteiger partial charge in [0.25, 0.3) is 15.9 Å². The van der Waals surface area contributed by atoms with E-state index < -0.39 is 33.7 Å². The van der Waals surface area contributed by atoms with Gasteiger partial charge in [-0.3, -0.25) is 29.3 Å². The molecule has 9 rings (SSSR count). The Labute approximate surface area is 320 Å². The fourth-order valence-corrected chi connectivity index (χ4v) is 9.15. The Bertz CT molecular complexity index is 2530. The number of aromatic nitrogens is 7. The molecule has 7 heterocycles. The van der Waals surface area contributed by atoms with Crippen LogP contribution in [0.15, 0.2) is 49.1 Å². The van der Waals surface area contributed by atoms with Crippen molar-refractivity contribution in [2.45, 2.75) is 70.0 Å².